The zero-order chi connectivity index (χ0) is 13.9. The maximum atomic E-state index is 12.5. The van der Waals surface area contributed by atoms with Gasteiger partial charge in [-0.1, -0.05) is 12.2 Å². The van der Waals surface area contributed by atoms with E-state index >= 15 is 0 Å². The highest BCUT2D eigenvalue weighted by Crippen LogP contribution is 2.51. The second kappa shape index (κ2) is 3.73. The van der Waals surface area contributed by atoms with Gasteiger partial charge in [0.1, 0.15) is 11.4 Å². The van der Waals surface area contributed by atoms with Crippen molar-refractivity contribution in [2.45, 2.75) is 18.2 Å². The van der Waals surface area contributed by atoms with E-state index < -0.39 is 29.5 Å². The summed E-state index contributed by atoms with van der Waals surface area (Å²) in [5.74, 6) is -2.34. The average Bonchev–Trinajstić information content (AvgIpc) is 3.12. The molecule has 1 amide bonds. The summed E-state index contributed by atoms with van der Waals surface area (Å²) in [5.41, 5.74) is -0.806. The van der Waals surface area contributed by atoms with E-state index in [1.165, 1.54) is 0 Å². The van der Waals surface area contributed by atoms with Crippen LogP contribution in [-0.4, -0.2) is 35.0 Å². The van der Waals surface area contributed by atoms with Crippen LogP contribution in [0.5, 0.6) is 0 Å². The van der Waals surface area contributed by atoms with E-state index in [9.17, 15) is 14.7 Å². The fourth-order valence-electron chi connectivity index (χ4n) is 3.57. The van der Waals surface area contributed by atoms with Gasteiger partial charge in [0.2, 0.25) is 5.91 Å². The quantitative estimate of drug-likeness (QED) is 0.681. The van der Waals surface area contributed by atoms with Crippen LogP contribution in [-0.2, 0) is 20.9 Å². The number of nitrogens with zero attached hydrogens (tertiary/aromatic N) is 1. The van der Waals surface area contributed by atoms with Gasteiger partial charge >= 0.3 is 0 Å². The lowest BCUT2D eigenvalue weighted by atomic mass is 9.77. The van der Waals surface area contributed by atoms with Gasteiger partial charge in [0.05, 0.1) is 31.4 Å². The summed E-state index contributed by atoms with van der Waals surface area (Å²) in [6, 6.07) is 3.53. The molecule has 0 unspecified atom stereocenters. The Balaban J connectivity index is 1.65. The van der Waals surface area contributed by atoms with E-state index in [4.69, 9.17) is 9.15 Å². The minimum Gasteiger partial charge on any atom is -0.550 e. The molecule has 1 aromatic heterocycles. The zero-order valence-corrected chi connectivity index (χ0v) is 10.5. The molecule has 20 heavy (non-hydrogen) atoms. The minimum atomic E-state index is -1.22. The maximum Gasteiger partial charge on any atom is 0.230 e. The number of aliphatic carboxylic acids is 1. The predicted molar refractivity (Wildman–Crippen MR) is 62.9 cm³/mol. The first-order chi connectivity index (χ1) is 9.61. The van der Waals surface area contributed by atoms with Crippen molar-refractivity contribution in [1.29, 1.82) is 0 Å². The molecular weight excluding hydrogens is 262 g/mol. The van der Waals surface area contributed by atoms with Gasteiger partial charge in [-0.3, -0.25) is 4.79 Å². The molecule has 0 saturated carbocycles. The highest BCUT2D eigenvalue weighted by atomic mass is 16.5. The molecule has 2 saturated heterocycles. The van der Waals surface area contributed by atoms with Gasteiger partial charge in [-0.25, -0.2) is 0 Å². The van der Waals surface area contributed by atoms with E-state index in [1.807, 2.05) is 6.08 Å². The van der Waals surface area contributed by atoms with Crippen LogP contribution >= 0.6 is 0 Å². The Bertz CT molecular complexity index is 607. The number of hydrogen-bond acceptors (Lipinski definition) is 5. The Morgan fingerprint density at radius 1 is 1.55 bits per heavy atom. The molecule has 4 heterocycles. The smallest absolute Gasteiger partial charge is 0.230 e. The van der Waals surface area contributed by atoms with E-state index in [0.29, 0.717) is 18.8 Å². The minimum absolute atomic E-state index is 0.206. The number of rotatable bonds is 3. The van der Waals surface area contributed by atoms with E-state index in [-0.39, 0.29) is 5.91 Å². The molecule has 4 rings (SSSR count). The number of amides is 1. The number of carboxylic acids is 1. The Kier molecular flexibility index (Phi) is 2.18. The Morgan fingerprint density at radius 3 is 3.10 bits per heavy atom. The number of carbonyl (C=O) groups is 2. The van der Waals surface area contributed by atoms with Crippen molar-refractivity contribution in [1.82, 2.24) is 4.90 Å². The molecule has 6 heteroatoms. The first-order valence-electron chi connectivity index (χ1n) is 6.50. The standard InChI is InChI=1S/C14H13NO5/c16-12-11-10(13(17)18)9-3-4-14(11,20-9)7-15(12)6-8-2-1-5-19-8/h1-5,9-11H,6-7H2,(H,17,18)/p-1/t9-,10-,11-,14+/m0/s1. The van der Waals surface area contributed by atoms with Gasteiger partial charge in [-0.15, -0.1) is 0 Å². The van der Waals surface area contributed by atoms with Crippen LogP contribution in [0.1, 0.15) is 5.76 Å². The van der Waals surface area contributed by atoms with Crippen molar-refractivity contribution < 1.29 is 23.8 Å². The third-order valence-corrected chi connectivity index (χ3v) is 4.38. The first-order valence-corrected chi connectivity index (χ1v) is 6.50. The van der Waals surface area contributed by atoms with E-state index in [0.717, 1.165) is 0 Å². The molecule has 0 aliphatic carbocycles. The van der Waals surface area contributed by atoms with Crippen LogP contribution < -0.4 is 5.11 Å². The van der Waals surface area contributed by atoms with Gasteiger partial charge in [0.25, 0.3) is 0 Å². The molecule has 0 radical (unpaired) electrons. The maximum absolute atomic E-state index is 12.5. The van der Waals surface area contributed by atoms with E-state index in [2.05, 4.69) is 0 Å². The average molecular weight is 274 g/mol. The Hall–Kier alpha value is -2.08. The highest BCUT2D eigenvalue weighted by molar-refractivity contribution is 5.90. The molecule has 2 fully saturated rings. The van der Waals surface area contributed by atoms with Gasteiger partial charge in [-0.2, -0.15) is 0 Å². The van der Waals surface area contributed by atoms with Crippen molar-refractivity contribution >= 4 is 11.9 Å². The van der Waals surface area contributed by atoms with Crippen LogP contribution in [0.15, 0.2) is 35.0 Å². The van der Waals surface area contributed by atoms with Crippen LogP contribution in [0, 0.1) is 11.8 Å². The molecule has 6 nitrogen and oxygen atoms in total. The van der Waals surface area contributed by atoms with Gasteiger partial charge in [0, 0.05) is 11.9 Å². The third kappa shape index (κ3) is 1.37. The number of likely N-dealkylation sites (tertiary alicyclic amines) is 1. The highest BCUT2D eigenvalue weighted by Gasteiger charge is 2.65. The summed E-state index contributed by atoms with van der Waals surface area (Å²) < 4.78 is 11.0. The molecular formula is C14H12NO5-. The van der Waals surface area contributed by atoms with Crippen molar-refractivity contribution in [3.63, 3.8) is 0 Å². The number of carboxylic acid groups (broad SMARTS) is 1. The van der Waals surface area contributed by atoms with Crippen LogP contribution in [0.3, 0.4) is 0 Å². The normalized spacial score (nSPS) is 37.7. The lowest BCUT2D eigenvalue weighted by Gasteiger charge is -2.24. The summed E-state index contributed by atoms with van der Waals surface area (Å²) in [5, 5.41) is 11.3. The molecule has 3 aliphatic rings. The van der Waals surface area contributed by atoms with Crippen LogP contribution in [0.4, 0.5) is 0 Å². The molecule has 4 atom stereocenters. The fourth-order valence-corrected chi connectivity index (χ4v) is 3.57. The summed E-state index contributed by atoms with van der Waals surface area (Å²) >= 11 is 0. The van der Waals surface area contributed by atoms with Crippen molar-refractivity contribution in [3.05, 3.63) is 36.3 Å². The topological polar surface area (TPSA) is 82.8 Å². The number of furan rings is 1. The van der Waals surface area contributed by atoms with Gasteiger partial charge in [0.15, 0.2) is 0 Å². The van der Waals surface area contributed by atoms with Crippen molar-refractivity contribution in [2.24, 2.45) is 11.8 Å². The molecule has 3 aliphatic heterocycles. The van der Waals surface area contributed by atoms with Crippen LogP contribution in [0.2, 0.25) is 0 Å². The summed E-state index contributed by atoms with van der Waals surface area (Å²) in [4.78, 5) is 25.4. The van der Waals surface area contributed by atoms with Gasteiger partial charge in [-0.05, 0) is 12.1 Å². The molecule has 2 bridgehead atoms. The number of carbonyl (C=O) groups excluding carboxylic acids is 2. The molecule has 0 aromatic carbocycles. The monoisotopic (exact) mass is 274 g/mol. The summed E-state index contributed by atoms with van der Waals surface area (Å²) in [6.07, 6.45) is 4.54. The second-order valence-corrected chi connectivity index (χ2v) is 5.49. The summed E-state index contributed by atoms with van der Waals surface area (Å²) in [6.45, 7) is 0.680. The predicted octanol–water partition coefficient (Wildman–Crippen LogP) is -0.689. The Morgan fingerprint density at radius 2 is 2.40 bits per heavy atom. The lowest BCUT2D eigenvalue weighted by Crippen LogP contribution is -2.45. The van der Waals surface area contributed by atoms with E-state index in [1.54, 1.807) is 29.4 Å². The summed E-state index contributed by atoms with van der Waals surface area (Å²) in [7, 11) is 0. The first kappa shape index (κ1) is 11.7. The second-order valence-electron chi connectivity index (χ2n) is 5.49. The van der Waals surface area contributed by atoms with Gasteiger partial charge < -0.3 is 24.0 Å². The van der Waals surface area contributed by atoms with Crippen LogP contribution in [0.25, 0.3) is 0 Å². The molecule has 0 N–H and O–H groups in total. The molecule has 1 spiro atoms. The number of ether oxygens (including phenoxy) is 1. The molecule has 1 aromatic rings. The SMILES string of the molecule is O=C([O-])[C@H]1[C@@H]2C=C[C@]3(CN(Cc4ccco4)C(=O)[C@H]13)O2. The lowest BCUT2D eigenvalue weighted by molar-refractivity contribution is -0.313. The van der Waals surface area contributed by atoms with Crippen molar-refractivity contribution in [2.75, 3.05) is 6.54 Å². The third-order valence-electron chi connectivity index (χ3n) is 4.38. The number of hydrogen-bond donors (Lipinski definition) is 0. The largest absolute Gasteiger partial charge is 0.550 e. The fraction of sp³-hybridized carbons (Fsp3) is 0.429. The Labute approximate surface area is 114 Å². The zero-order valence-electron chi connectivity index (χ0n) is 10.5. The molecule has 104 valence electrons. The number of fused-ring (bicyclic) bond motifs is 1. The van der Waals surface area contributed by atoms with Crippen molar-refractivity contribution in [3.8, 4) is 0 Å².